The molecule has 1 aromatic carbocycles. The van der Waals surface area contributed by atoms with Crippen LogP contribution in [0.15, 0.2) is 24.3 Å². The number of hydrogen-bond donors (Lipinski definition) is 1. The standard InChI is InChI=1S/C12H16O2/c1-8(2)9(3)10-6-4-5-7-11(10)12(13)14/h4-9H,1-3H3,(H,13,14)/t9-/m0/s1. The molecule has 0 heterocycles. The Morgan fingerprint density at radius 3 is 2.29 bits per heavy atom. The smallest absolute Gasteiger partial charge is 0.335 e. The third-order valence-corrected chi connectivity index (χ3v) is 2.68. The van der Waals surface area contributed by atoms with Crippen molar-refractivity contribution < 1.29 is 9.90 Å². The zero-order chi connectivity index (χ0) is 10.7. The molecule has 0 aliphatic rings. The lowest BCUT2D eigenvalue weighted by molar-refractivity contribution is 0.0695. The van der Waals surface area contributed by atoms with E-state index < -0.39 is 5.97 Å². The highest BCUT2D eigenvalue weighted by atomic mass is 16.4. The number of benzene rings is 1. The summed E-state index contributed by atoms with van der Waals surface area (Å²) in [7, 11) is 0. The molecule has 0 unspecified atom stereocenters. The van der Waals surface area contributed by atoms with Gasteiger partial charge in [-0.05, 0) is 23.5 Å². The van der Waals surface area contributed by atoms with E-state index in [1.54, 1.807) is 12.1 Å². The zero-order valence-electron chi connectivity index (χ0n) is 8.82. The quantitative estimate of drug-likeness (QED) is 0.798. The SMILES string of the molecule is CC(C)[C@H](C)c1ccccc1C(=O)O. The maximum Gasteiger partial charge on any atom is 0.335 e. The summed E-state index contributed by atoms with van der Waals surface area (Å²) in [6.45, 7) is 6.26. The van der Waals surface area contributed by atoms with Gasteiger partial charge in [0.25, 0.3) is 0 Å². The molecule has 1 aromatic rings. The van der Waals surface area contributed by atoms with Gasteiger partial charge in [-0.15, -0.1) is 0 Å². The molecule has 2 heteroatoms. The number of carboxylic acids is 1. The van der Waals surface area contributed by atoms with E-state index in [-0.39, 0.29) is 5.92 Å². The van der Waals surface area contributed by atoms with Gasteiger partial charge in [-0.2, -0.15) is 0 Å². The van der Waals surface area contributed by atoms with Crippen LogP contribution in [0.2, 0.25) is 0 Å². The van der Waals surface area contributed by atoms with Crippen molar-refractivity contribution in [2.75, 3.05) is 0 Å². The Kier molecular flexibility index (Phi) is 3.28. The first-order valence-electron chi connectivity index (χ1n) is 4.86. The molecule has 0 aliphatic carbocycles. The lowest BCUT2D eigenvalue weighted by Crippen LogP contribution is -2.09. The topological polar surface area (TPSA) is 37.3 Å². The zero-order valence-corrected chi connectivity index (χ0v) is 8.82. The van der Waals surface area contributed by atoms with Crippen molar-refractivity contribution in [1.82, 2.24) is 0 Å². The van der Waals surface area contributed by atoms with Gasteiger partial charge in [0.15, 0.2) is 0 Å². The van der Waals surface area contributed by atoms with Crippen LogP contribution in [0.5, 0.6) is 0 Å². The molecule has 0 bridgehead atoms. The van der Waals surface area contributed by atoms with Gasteiger partial charge in [-0.25, -0.2) is 4.79 Å². The Morgan fingerprint density at radius 2 is 1.79 bits per heavy atom. The van der Waals surface area contributed by atoms with Crippen molar-refractivity contribution in [3.8, 4) is 0 Å². The number of hydrogen-bond acceptors (Lipinski definition) is 1. The number of carbonyl (C=O) groups is 1. The molecule has 0 fully saturated rings. The average molecular weight is 192 g/mol. The Hall–Kier alpha value is -1.31. The monoisotopic (exact) mass is 192 g/mol. The third kappa shape index (κ3) is 2.13. The molecule has 0 amide bonds. The molecule has 1 rings (SSSR count). The van der Waals surface area contributed by atoms with E-state index in [1.165, 1.54) is 0 Å². The van der Waals surface area contributed by atoms with Gasteiger partial charge in [-0.1, -0.05) is 39.0 Å². The Labute approximate surface area is 84.6 Å². The molecule has 0 spiro atoms. The maximum atomic E-state index is 10.9. The van der Waals surface area contributed by atoms with Crippen LogP contribution in [0.1, 0.15) is 42.6 Å². The van der Waals surface area contributed by atoms with Crippen molar-refractivity contribution in [3.05, 3.63) is 35.4 Å². The van der Waals surface area contributed by atoms with Crippen LogP contribution < -0.4 is 0 Å². The number of rotatable bonds is 3. The molecule has 0 saturated heterocycles. The predicted molar refractivity (Wildman–Crippen MR) is 56.7 cm³/mol. The molecule has 0 aliphatic heterocycles. The van der Waals surface area contributed by atoms with Crippen molar-refractivity contribution in [2.45, 2.75) is 26.7 Å². The van der Waals surface area contributed by atoms with Gasteiger partial charge in [0, 0.05) is 0 Å². The predicted octanol–water partition coefficient (Wildman–Crippen LogP) is 3.14. The number of aromatic carboxylic acids is 1. The lowest BCUT2D eigenvalue weighted by Gasteiger charge is -2.17. The Balaban J connectivity index is 3.13. The molecule has 0 radical (unpaired) electrons. The minimum atomic E-state index is -0.840. The highest BCUT2D eigenvalue weighted by Crippen LogP contribution is 2.26. The molecule has 1 atom stereocenters. The molecular weight excluding hydrogens is 176 g/mol. The summed E-state index contributed by atoms with van der Waals surface area (Å²) in [4.78, 5) is 10.9. The van der Waals surface area contributed by atoms with E-state index in [0.29, 0.717) is 11.5 Å². The van der Waals surface area contributed by atoms with Crippen molar-refractivity contribution in [1.29, 1.82) is 0 Å². The molecular formula is C12H16O2. The molecule has 2 nitrogen and oxygen atoms in total. The van der Waals surface area contributed by atoms with E-state index in [4.69, 9.17) is 5.11 Å². The number of carboxylic acid groups (broad SMARTS) is 1. The first-order chi connectivity index (χ1) is 6.54. The largest absolute Gasteiger partial charge is 0.478 e. The van der Waals surface area contributed by atoms with Crippen LogP contribution in [0, 0.1) is 5.92 Å². The molecule has 76 valence electrons. The van der Waals surface area contributed by atoms with E-state index in [0.717, 1.165) is 5.56 Å². The van der Waals surface area contributed by atoms with Gasteiger partial charge < -0.3 is 5.11 Å². The molecule has 14 heavy (non-hydrogen) atoms. The summed E-state index contributed by atoms with van der Waals surface area (Å²) in [5.41, 5.74) is 1.35. The van der Waals surface area contributed by atoms with Crippen LogP contribution in [0.25, 0.3) is 0 Å². The second-order valence-electron chi connectivity index (χ2n) is 3.93. The van der Waals surface area contributed by atoms with E-state index in [1.807, 2.05) is 12.1 Å². The van der Waals surface area contributed by atoms with Crippen molar-refractivity contribution in [2.24, 2.45) is 5.92 Å². The first kappa shape index (κ1) is 10.8. The fourth-order valence-corrected chi connectivity index (χ4v) is 1.45. The Morgan fingerprint density at radius 1 is 1.21 bits per heavy atom. The average Bonchev–Trinajstić information content (AvgIpc) is 2.16. The van der Waals surface area contributed by atoms with Crippen LogP contribution in [-0.2, 0) is 0 Å². The van der Waals surface area contributed by atoms with Gasteiger partial charge in [-0.3, -0.25) is 0 Å². The van der Waals surface area contributed by atoms with Crippen LogP contribution in [-0.4, -0.2) is 11.1 Å². The minimum Gasteiger partial charge on any atom is -0.478 e. The lowest BCUT2D eigenvalue weighted by atomic mass is 9.87. The van der Waals surface area contributed by atoms with E-state index in [2.05, 4.69) is 20.8 Å². The van der Waals surface area contributed by atoms with E-state index >= 15 is 0 Å². The first-order valence-corrected chi connectivity index (χ1v) is 4.86. The summed E-state index contributed by atoms with van der Waals surface area (Å²) in [5.74, 6) is -0.106. The summed E-state index contributed by atoms with van der Waals surface area (Å²) < 4.78 is 0. The highest BCUT2D eigenvalue weighted by molar-refractivity contribution is 5.89. The fourth-order valence-electron chi connectivity index (χ4n) is 1.45. The second kappa shape index (κ2) is 4.27. The van der Waals surface area contributed by atoms with Gasteiger partial charge in [0.1, 0.15) is 0 Å². The van der Waals surface area contributed by atoms with Crippen LogP contribution in [0.3, 0.4) is 0 Å². The fraction of sp³-hybridized carbons (Fsp3) is 0.417. The van der Waals surface area contributed by atoms with Crippen LogP contribution >= 0.6 is 0 Å². The van der Waals surface area contributed by atoms with Crippen molar-refractivity contribution in [3.63, 3.8) is 0 Å². The van der Waals surface area contributed by atoms with Gasteiger partial charge in [0.05, 0.1) is 5.56 Å². The van der Waals surface area contributed by atoms with Crippen molar-refractivity contribution >= 4 is 5.97 Å². The highest BCUT2D eigenvalue weighted by Gasteiger charge is 2.16. The normalized spacial score (nSPS) is 12.9. The second-order valence-corrected chi connectivity index (χ2v) is 3.93. The van der Waals surface area contributed by atoms with E-state index in [9.17, 15) is 4.79 Å². The Bertz CT molecular complexity index is 329. The molecule has 0 saturated carbocycles. The summed E-state index contributed by atoms with van der Waals surface area (Å²) in [5, 5.41) is 9.00. The molecule has 1 N–H and O–H groups in total. The summed E-state index contributed by atoms with van der Waals surface area (Å²) in [6, 6.07) is 7.21. The van der Waals surface area contributed by atoms with Gasteiger partial charge in [0.2, 0.25) is 0 Å². The maximum absolute atomic E-state index is 10.9. The molecule has 0 aromatic heterocycles. The summed E-state index contributed by atoms with van der Waals surface area (Å²) >= 11 is 0. The minimum absolute atomic E-state index is 0.280. The third-order valence-electron chi connectivity index (χ3n) is 2.68. The van der Waals surface area contributed by atoms with Crippen LogP contribution in [0.4, 0.5) is 0 Å². The van der Waals surface area contributed by atoms with Gasteiger partial charge >= 0.3 is 5.97 Å². The summed E-state index contributed by atoms with van der Waals surface area (Å²) in [6.07, 6.45) is 0.